The Balaban J connectivity index is 1.73. The Labute approximate surface area is 176 Å². The van der Waals surface area contributed by atoms with E-state index in [0.717, 1.165) is 10.6 Å². The van der Waals surface area contributed by atoms with Crippen LogP contribution in [-0.4, -0.2) is 49.7 Å². The van der Waals surface area contributed by atoms with E-state index in [1.807, 2.05) is 34.5 Å². The fourth-order valence-corrected chi connectivity index (χ4v) is 6.17. The lowest BCUT2D eigenvalue weighted by molar-refractivity contribution is -0.128. The molecular formula is C19H20ClN3O3S2. The standard InChI is InChI=1S/C19H20ClN3O3S2/c20-10-3-5-11(6-4-10)22-19-23(9-12-2-1-7-27-12)15-16(25)14(24)8-13(18(21)26)17(15)28-19/h1-7,13-17,24-25H,8-9H2,(H2,21,26). The quantitative estimate of drug-likeness (QED) is 0.682. The van der Waals surface area contributed by atoms with Crippen LogP contribution in [0.1, 0.15) is 11.3 Å². The summed E-state index contributed by atoms with van der Waals surface area (Å²) in [5, 5.41) is 24.1. The van der Waals surface area contributed by atoms with Crippen LogP contribution >= 0.6 is 34.7 Å². The minimum atomic E-state index is -1.000. The van der Waals surface area contributed by atoms with Crippen LogP contribution in [0.3, 0.4) is 0 Å². The van der Waals surface area contributed by atoms with Gasteiger partial charge in [0.2, 0.25) is 5.91 Å². The summed E-state index contributed by atoms with van der Waals surface area (Å²) in [6.45, 7) is 0.535. The van der Waals surface area contributed by atoms with Crippen molar-refractivity contribution in [2.24, 2.45) is 16.6 Å². The number of aliphatic hydroxyl groups excluding tert-OH is 2. The Morgan fingerprint density at radius 2 is 2.04 bits per heavy atom. The molecule has 1 aliphatic heterocycles. The van der Waals surface area contributed by atoms with E-state index in [4.69, 9.17) is 22.3 Å². The summed E-state index contributed by atoms with van der Waals surface area (Å²) in [5.74, 6) is -0.991. The van der Waals surface area contributed by atoms with Crippen molar-refractivity contribution in [1.82, 2.24) is 4.90 Å². The van der Waals surface area contributed by atoms with Crippen LogP contribution in [0.5, 0.6) is 0 Å². The van der Waals surface area contributed by atoms with Crippen molar-refractivity contribution in [2.45, 2.75) is 36.5 Å². The summed E-state index contributed by atoms with van der Waals surface area (Å²) >= 11 is 9.02. The van der Waals surface area contributed by atoms with Crippen molar-refractivity contribution >= 4 is 51.5 Å². The second kappa shape index (κ2) is 8.04. The Morgan fingerprint density at radius 1 is 1.29 bits per heavy atom. The smallest absolute Gasteiger partial charge is 0.221 e. The molecule has 6 nitrogen and oxygen atoms in total. The van der Waals surface area contributed by atoms with Gasteiger partial charge in [-0.25, -0.2) is 4.99 Å². The lowest BCUT2D eigenvalue weighted by Crippen LogP contribution is -2.58. The van der Waals surface area contributed by atoms with Crippen LogP contribution in [0.25, 0.3) is 0 Å². The Morgan fingerprint density at radius 3 is 2.68 bits per heavy atom. The van der Waals surface area contributed by atoms with Crippen LogP contribution in [-0.2, 0) is 11.3 Å². The summed E-state index contributed by atoms with van der Waals surface area (Å²) in [5.41, 5.74) is 6.34. The minimum absolute atomic E-state index is 0.158. The first-order chi connectivity index (χ1) is 13.4. The Kier molecular flexibility index (Phi) is 5.66. The Bertz CT molecular complexity index is 875. The second-order valence-corrected chi connectivity index (χ2v) is 9.57. The van der Waals surface area contributed by atoms with Gasteiger partial charge in [-0.3, -0.25) is 4.79 Å². The molecule has 0 radical (unpaired) electrons. The molecule has 1 amide bonds. The molecule has 4 N–H and O–H groups in total. The van der Waals surface area contributed by atoms with Gasteiger partial charge in [-0.1, -0.05) is 29.4 Å². The summed E-state index contributed by atoms with van der Waals surface area (Å²) < 4.78 is 0. The second-order valence-electron chi connectivity index (χ2n) is 6.95. The summed E-state index contributed by atoms with van der Waals surface area (Å²) in [6.07, 6.45) is -1.82. The van der Waals surface area contributed by atoms with Gasteiger partial charge < -0.3 is 20.8 Å². The van der Waals surface area contributed by atoms with E-state index in [9.17, 15) is 15.0 Å². The summed E-state index contributed by atoms with van der Waals surface area (Å²) in [7, 11) is 0. The predicted octanol–water partition coefficient (Wildman–Crippen LogP) is 2.60. The van der Waals surface area contributed by atoms with E-state index in [0.29, 0.717) is 16.7 Å². The van der Waals surface area contributed by atoms with Crippen molar-refractivity contribution < 1.29 is 15.0 Å². The van der Waals surface area contributed by atoms with Gasteiger partial charge >= 0.3 is 0 Å². The van der Waals surface area contributed by atoms with Crippen LogP contribution in [0.2, 0.25) is 5.02 Å². The normalized spacial score (nSPS) is 31.2. The van der Waals surface area contributed by atoms with Crippen LogP contribution < -0.4 is 5.73 Å². The average molecular weight is 438 g/mol. The first kappa shape index (κ1) is 19.7. The third kappa shape index (κ3) is 3.79. The fourth-order valence-electron chi connectivity index (χ4n) is 3.76. The predicted molar refractivity (Wildman–Crippen MR) is 113 cm³/mol. The molecule has 9 heteroatoms. The number of benzene rings is 1. The highest BCUT2D eigenvalue weighted by molar-refractivity contribution is 8.14. The van der Waals surface area contributed by atoms with Gasteiger partial charge in [-0.15, -0.1) is 11.3 Å². The van der Waals surface area contributed by atoms with Crippen molar-refractivity contribution in [1.29, 1.82) is 0 Å². The van der Waals surface area contributed by atoms with Gasteiger partial charge in [-0.05, 0) is 42.1 Å². The van der Waals surface area contributed by atoms with E-state index in [1.165, 1.54) is 11.8 Å². The van der Waals surface area contributed by atoms with Crippen molar-refractivity contribution in [2.75, 3.05) is 0 Å². The summed E-state index contributed by atoms with van der Waals surface area (Å²) in [6, 6.07) is 10.7. The molecule has 28 heavy (non-hydrogen) atoms. The molecule has 5 atom stereocenters. The zero-order valence-corrected chi connectivity index (χ0v) is 17.2. The number of hydrogen-bond acceptors (Lipinski definition) is 6. The minimum Gasteiger partial charge on any atom is -0.390 e. The maximum atomic E-state index is 12.0. The number of fused-ring (bicyclic) bond motifs is 1. The van der Waals surface area contributed by atoms with Crippen LogP contribution in [0, 0.1) is 5.92 Å². The summed E-state index contributed by atoms with van der Waals surface area (Å²) in [4.78, 5) is 19.9. The molecule has 2 aromatic rings. The van der Waals surface area contributed by atoms with E-state index in [1.54, 1.807) is 23.5 Å². The van der Waals surface area contributed by atoms with Crippen molar-refractivity contribution in [3.63, 3.8) is 0 Å². The number of hydrogen-bond donors (Lipinski definition) is 3. The number of nitrogens with two attached hydrogens (primary N) is 1. The number of primary amides is 1. The first-order valence-electron chi connectivity index (χ1n) is 8.89. The van der Waals surface area contributed by atoms with Gasteiger partial charge in [-0.2, -0.15) is 0 Å². The molecule has 2 fully saturated rings. The topological polar surface area (TPSA) is 99.2 Å². The highest BCUT2D eigenvalue weighted by Crippen LogP contribution is 2.45. The number of amidine groups is 1. The number of halogens is 1. The monoisotopic (exact) mass is 437 g/mol. The number of aliphatic imine (C=N–C) groups is 1. The fraction of sp³-hybridized carbons (Fsp3) is 0.368. The molecule has 1 saturated heterocycles. The number of nitrogens with zero attached hydrogens (tertiary/aromatic N) is 2. The highest BCUT2D eigenvalue weighted by Gasteiger charge is 2.54. The number of amides is 1. The lowest BCUT2D eigenvalue weighted by Gasteiger charge is -2.41. The molecule has 2 aliphatic rings. The Hall–Kier alpha value is -1.58. The zero-order valence-electron chi connectivity index (χ0n) is 14.8. The third-order valence-corrected chi connectivity index (χ3v) is 7.67. The molecule has 0 spiro atoms. The van der Waals surface area contributed by atoms with E-state index in [2.05, 4.69) is 0 Å². The van der Waals surface area contributed by atoms with Gasteiger partial charge in [0.1, 0.15) is 6.10 Å². The van der Waals surface area contributed by atoms with E-state index in [-0.39, 0.29) is 11.7 Å². The van der Waals surface area contributed by atoms with Gasteiger partial charge in [0.15, 0.2) is 5.17 Å². The molecule has 1 saturated carbocycles. The SMILES string of the molecule is NC(=O)C1CC(O)C(O)C2C1SC(=Nc1ccc(Cl)cc1)N2Cc1cccs1. The molecule has 1 aliphatic carbocycles. The van der Waals surface area contributed by atoms with Crippen molar-refractivity contribution in [3.05, 3.63) is 51.7 Å². The molecule has 5 unspecified atom stereocenters. The maximum absolute atomic E-state index is 12.0. The molecule has 0 bridgehead atoms. The van der Waals surface area contributed by atoms with Gasteiger partial charge in [0.05, 0.1) is 30.3 Å². The van der Waals surface area contributed by atoms with Gasteiger partial charge in [0, 0.05) is 15.1 Å². The third-order valence-electron chi connectivity index (χ3n) is 5.14. The van der Waals surface area contributed by atoms with E-state index >= 15 is 0 Å². The molecule has 4 rings (SSSR count). The molecule has 148 valence electrons. The number of carbonyl (C=O) groups is 1. The van der Waals surface area contributed by atoms with Crippen molar-refractivity contribution in [3.8, 4) is 0 Å². The number of aliphatic hydroxyl groups is 2. The largest absolute Gasteiger partial charge is 0.390 e. The number of thiophene rings is 1. The van der Waals surface area contributed by atoms with E-state index < -0.39 is 30.1 Å². The number of rotatable bonds is 4. The van der Waals surface area contributed by atoms with Crippen LogP contribution in [0.4, 0.5) is 5.69 Å². The number of thioether (sulfide) groups is 1. The first-order valence-corrected chi connectivity index (χ1v) is 11.0. The molecule has 2 heterocycles. The highest BCUT2D eigenvalue weighted by atomic mass is 35.5. The number of carbonyl (C=O) groups excluding carboxylic acids is 1. The average Bonchev–Trinajstić information content (AvgIpc) is 3.29. The maximum Gasteiger partial charge on any atom is 0.221 e. The zero-order chi connectivity index (χ0) is 19.8. The lowest BCUT2D eigenvalue weighted by atomic mass is 9.80. The molecule has 1 aromatic carbocycles. The molecular weight excluding hydrogens is 418 g/mol. The van der Waals surface area contributed by atoms with Crippen LogP contribution in [0.15, 0.2) is 46.8 Å². The van der Waals surface area contributed by atoms with Gasteiger partial charge in [0.25, 0.3) is 0 Å². The molecule has 1 aromatic heterocycles.